The maximum Gasteiger partial charge on any atom is 0.317 e. The van der Waals surface area contributed by atoms with E-state index in [9.17, 15) is 4.79 Å². The number of aromatic nitrogens is 1. The van der Waals surface area contributed by atoms with E-state index in [1.54, 1.807) is 16.2 Å². The highest BCUT2D eigenvalue weighted by Crippen LogP contribution is 2.28. The molecule has 20 heavy (non-hydrogen) atoms. The van der Waals surface area contributed by atoms with Gasteiger partial charge in [-0.1, -0.05) is 0 Å². The zero-order chi connectivity index (χ0) is 14.7. The van der Waals surface area contributed by atoms with Gasteiger partial charge in [-0.05, 0) is 33.6 Å². The predicted octanol–water partition coefficient (Wildman–Crippen LogP) is 2.64. The lowest BCUT2D eigenvalue weighted by molar-refractivity contribution is 0.108. The monoisotopic (exact) mass is 297 g/mol. The minimum absolute atomic E-state index is 0.0331. The summed E-state index contributed by atoms with van der Waals surface area (Å²) in [6.45, 7) is 7.42. The van der Waals surface area contributed by atoms with E-state index in [0.717, 1.165) is 35.0 Å². The molecule has 1 aliphatic rings. The molecule has 5 nitrogen and oxygen atoms in total. The number of carbonyl (C=O) groups excluding carboxylic acids is 1. The van der Waals surface area contributed by atoms with Crippen molar-refractivity contribution in [2.24, 2.45) is 0 Å². The number of urea groups is 1. The molecule has 2 rings (SSSR count). The largest absolute Gasteiger partial charge is 0.376 e. The molecule has 1 aromatic rings. The maximum atomic E-state index is 12.2. The first-order valence-corrected chi connectivity index (χ1v) is 7.87. The number of nitrogens with zero attached hydrogens (tertiary/aromatic N) is 2. The first-order valence-electron chi connectivity index (χ1n) is 7.05. The van der Waals surface area contributed by atoms with E-state index < -0.39 is 0 Å². The Morgan fingerprint density at radius 2 is 2.35 bits per heavy atom. The van der Waals surface area contributed by atoms with Crippen molar-refractivity contribution < 1.29 is 9.53 Å². The molecule has 2 amide bonds. The van der Waals surface area contributed by atoms with Gasteiger partial charge in [0.15, 0.2) is 0 Å². The number of carbonyl (C=O) groups is 1. The number of rotatable bonds is 4. The minimum atomic E-state index is -0.0570. The van der Waals surface area contributed by atoms with E-state index in [1.165, 1.54) is 0 Å². The van der Waals surface area contributed by atoms with Crippen molar-refractivity contribution in [3.8, 4) is 0 Å². The van der Waals surface area contributed by atoms with Gasteiger partial charge in [0.25, 0.3) is 0 Å². The highest BCUT2D eigenvalue weighted by atomic mass is 32.1. The Kier molecular flexibility index (Phi) is 4.99. The van der Waals surface area contributed by atoms with Gasteiger partial charge in [-0.15, -0.1) is 11.3 Å². The topological polar surface area (TPSA) is 54.5 Å². The lowest BCUT2D eigenvalue weighted by atomic mass is 10.2. The molecule has 0 radical (unpaired) electrons. The fraction of sp³-hybridized carbons (Fsp3) is 0.714. The molecule has 1 aromatic heterocycles. The normalized spacial score (nSPS) is 19.9. The number of hydrogen-bond donors (Lipinski definition) is 1. The second-order valence-corrected chi connectivity index (χ2v) is 6.53. The van der Waals surface area contributed by atoms with E-state index in [2.05, 4.69) is 10.3 Å². The molecule has 2 heterocycles. The molecule has 1 saturated heterocycles. The Balaban J connectivity index is 1.90. The zero-order valence-corrected chi connectivity index (χ0v) is 13.4. The van der Waals surface area contributed by atoms with Crippen LogP contribution in [0.3, 0.4) is 0 Å². The number of hydrogen-bond acceptors (Lipinski definition) is 4. The molecule has 0 unspecified atom stereocenters. The van der Waals surface area contributed by atoms with Crippen LogP contribution in [0.5, 0.6) is 0 Å². The molecule has 1 aliphatic heterocycles. The van der Waals surface area contributed by atoms with Gasteiger partial charge >= 0.3 is 6.03 Å². The lowest BCUT2D eigenvalue weighted by Crippen LogP contribution is -2.41. The highest BCUT2D eigenvalue weighted by molar-refractivity contribution is 7.11. The standard InChI is InChI=1S/C14H23N3O2S/c1-9-13(20-11(3)16-9)10(2)17(4)14(18)15-8-12-6-5-7-19-12/h10,12H,5-8H2,1-4H3,(H,15,18)/t10-,12+/m1/s1. The molecule has 0 aliphatic carbocycles. The van der Waals surface area contributed by atoms with Gasteiger partial charge in [0.2, 0.25) is 0 Å². The molecule has 112 valence electrons. The first kappa shape index (κ1) is 15.3. The molecule has 6 heteroatoms. The SMILES string of the molecule is Cc1nc(C)c([C@@H](C)N(C)C(=O)NC[C@@H]2CCCO2)s1. The average Bonchev–Trinajstić information content (AvgIpc) is 3.03. The van der Waals surface area contributed by atoms with Crippen molar-refractivity contribution in [2.45, 2.75) is 45.8 Å². The quantitative estimate of drug-likeness (QED) is 0.929. The molecule has 0 bridgehead atoms. The Morgan fingerprint density at radius 3 is 2.90 bits per heavy atom. The van der Waals surface area contributed by atoms with E-state index in [0.29, 0.717) is 6.54 Å². The summed E-state index contributed by atoms with van der Waals surface area (Å²) < 4.78 is 5.51. The fourth-order valence-corrected chi connectivity index (χ4v) is 3.44. The zero-order valence-electron chi connectivity index (χ0n) is 12.6. The van der Waals surface area contributed by atoms with Crippen LogP contribution in [0.25, 0.3) is 0 Å². The van der Waals surface area contributed by atoms with Gasteiger partial charge in [0, 0.05) is 25.1 Å². The summed E-state index contributed by atoms with van der Waals surface area (Å²) in [5.74, 6) is 0. The first-order chi connectivity index (χ1) is 9.49. The van der Waals surface area contributed by atoms with Gasteiger partial charge in [-0.2, -0.15) is 0 Å². The van der Waals surface area contributed by atoms with Crippen molar-refractivity contribution in [1.29, 1.82) is 0 Å². The molecule has 1 N–H and O–H groups in total. The third-order valence-corrected chi connectivity index (χ3v) is 4.97. The molecule has 1 fully saturated rings. The third kappa shape index (κ3) is 3.49. The second-order valence-electron chi connectivity index (χ2n) is 5.29. The fourth-order valence-electron chi connectivity index (χ4n) is 2.42. The average molecular weight is 297 g/mol. The Hall–Kier alpha value is -1.14. The number of nitrogens with one attached hydrogen (secondary N) is 1. The van der Waals surface area contributed by atoms with Crippen LogP contribution in [0, 0.1) is 13.8 Å². The molecule has 0 saturated carbocycles. The molecule has 2 atom stereocenters. The third-order valence-electron chi connectivity index (χ3n) is 3.73. The smallest absolute Gasteiger partial charge is 0.317 e. The summed E-state index contributed by atoms with van der Waals surface area (Å²) in [7, 11) is 1.82. The molecular weight excluding hydrogens is 274 g/mol. The van der Waals surface area contributed by atoms with Crippen molar-refractivity contribution in [1.82, 2.24) is 15.2 Å². The van der Waals surface area contributed by atoms with Crippen molar-refractivity contribution in [2.75, 3.05) is 20.2 Å². The van der Waals surface area contributed by atoms with Crippen LogP contribution < -0.4 is 5.32 Å². The molecule has 0 aromatic carbocycles. The Morgan fingerprint density at radius 1 is 1.60 bits per heavy atom. The van der Waals surface area contributed by atoms with Gasteiger partial charge < -0.3 is 15.0 Å². The van der Waals surface area contributed by atoms with E-state index in [1.807, 2.05) is 27.8 Å². The van der Waals surface area contributed by atoms with Crippen LogP contribution in [0.1, 0.15) is 41.4 Å². The Labute approximate surface area is 124 Å². The van der Waals surface area contributed by atoms with Crippen molar-refractivity contribution >= 4 is 17.4 Å². The van der Waals surface area contributed by atoms with Crippen molar-refractivity contribution in [3.05, 3.63) is 15.6 Å². The van der Waals surface area contributed by atoms with Crippen LogP contribution in [0.2, 0.25) is 0 Å². The van der Waals surface area contributed by atoms with E-state index >= 15 is 0 Å². The van der Waals surface area contributed by atoms with Gasteiger partial charge in [0.05, 0.1) is 22.8 Å². The number of ether oxygens (including phenoxy) is 1. The van der Waals surface area contributed by atoms with E-state index in [-0.39, 0.29) is 18.2 Å². The summed E-state index contributed by atoms with van der Waals surface area (Å²) in [4.78, 5) is 19.5. The van der Waals surface area contributed by atoms with E-state index in [4.69, 9.17) is 4.74 Å². The predicted molar refractivity (Wildman–Crippen MR) is 80.1 cm³/mol. The summed E-state index contributed by atoms with van der Waals surface area (Å²) in [6, 6.07) is -0.0239. The van der Waals surface area contributed by atoms with Crippen LogP contribution in [-0.2, 0) is 4.74 Å². The minimum Gasteiger partial charge on any atom is -0.376 e. The maximum absolute atomic E-state index is 12.2. The highest BCUT2D eigenvalue weighted by Gasteiger charge is 2.23. The summed E-state index contributed by atoms with van der Waals surface area (Å²) in [5.41, 5.74) is 1.01. The van der Waals surface area contributed by atoms with Crippen LogP contribution in [-0.4, -0.2) is 42.2 Å². The molecular formula is C14H23N3O2S. The summed E-state index contributed by atoms with van der Waals surface area (Å²) in [5, 5.41) is 3.99. The second kappa shape index (κ2) is 6.54. The van der Waals surface area contributed by atoms with Crippen LogP contribution in [0.4, 0.5) is 4.79 Å². The van der Waals surface area contributed by atoms with Crippen molar-refractivity contribution in [3.63, 3.8) is 0 Å². The lowest BCUT2D eigenvalue weighted by Gasteiger charge is -2.25. The molecule has 0 spiro atoms. The van der Waals surface area contributed by atoms with Gasteiger partial charge in [-0.25, -0.2) is 9.78 Å². The van der Waals surface area contributed by atoms with Crippen LogP contribution >= 0.6 is 11.3 Å². The number of thiazole rings is 1. The van der Waals surface area contributed by atoms with Crippen LogP contribution in [0.15, 0.2) is 0 Å². The Bertz CT molecular complexity index is 469. The van der Waals surface area contributed by atoms with Gasteiger partial charge in [0.1, 0.15) is 0 Å². The van der Waals surface area contributed by atoms with Gasteiger partial charge in [-0.3, -0.25) is 0 Å². The number of amides is 2. The summed E-state index contributed by atoms with van der Waals surface area (Å²) >= 11 is 1.65. The number of aryl methyl sites for hydroxylation is 2. The summed E-state index contributed by atoms with van der Waals surface area (Å²) in [6.07, 6.45) is 2.30.